The van der Waals surface area contributed by atoms with Crippen LogP contribution in [-0.2, 0) is 14.3 Å². The van der Waals surface area contributed by atoms with Crippen molar-refractivity contribution in [1.29, 1.82) is 0 Å². The summed E-state index contributed by atoms with van der Waals surface area (Å²) in [4.78, 5) is 37.9. The number of anilines is 2. The zero-order valence-corrected chi connectivity index (χ0v) is 19.5. The van der Waals surface area contributed by atoms with E-state index in [0.29, 0.717) is 29.8 Å². The van der Waals surface area contributed by atoms with Gasteiger partial charge < -0.3 is 15.4 Å². The summed E-state index contributed by atoms with van der Waals surface area (Å²) in [6.45, 7) is 7.98. The molecule has 6 nitrogen and oxygen atoms in total. The summed E-state index contributed by atoms with van der Waals surface area (Å²) in [5.74, 6) is -0.750. The summed E-state index contributed by atoms with van der Waals surface area (Å²) in [5.41, 5.74) is 1.33. The highest BCUT2D eigenvalue weighted by Crippen LogP contribution is 2.29. The molecular formula is C24H30N2O4S. The van der Waals surface area contributed by atoms with E-state index in [-0.39, 0.29) is 22.5 Å². The van der Waals surface area contributed by atoms with E-state index in [1.165, 1.54) is 18.9 Å². The Morgan fingerprint density at radius 1 is 1.03 bits per heavy atom. The Labute approximate surface area is 188 Å². The lowest BCUT2D eigenvalue weighted by molar-refractivity contribution is -0.118. The van der Waals surface area contributed by atoms with Crippen LogP contribution in [0.25, 0.3) is 0 Å². The van der Waals surface area contributed by atoms with Crippen molar-refractivity contribution >= 4 is 40.9 Å². The van der Waals surface area contributed by atoms with Gasteiger partial charge in [-0.15, -0.1) is 11.8 Å². The van der Waals surface area contributed by atoms with E-state index in [2.05, 4.69) is 10.6 Å². The van der Waals surface area contributed by atoms with Gasteiger partial charge in [0.1, 0.15) is 0 Å². The molecule has 0 radical (unpaired) electrons. The van der Waals surface area contributed by atoms with Crippen LogP contribution in [0, 0.1) is 5.41 Å². The smallest absolute Gasteiger partial charge is 0.339 e. The molecule has 0 saturated heterocycles. The van der Waals surface area contributed by atoms with E-state index in [4.69, 9.17) is 4.74 Å². The number of methoxy groups -OCH3 is 1. The van der Waals surface area contributed by atoms with Crippen molar-refractivity contribution in [2.75, 3.05) is 17.7 Å². The van der Waals surface area contributed by atoms with E-state index in [9.17, 15) is 14.4 Å². The molecule has 2 rings (SSSR count). The van der Waals surface area contributed by atoms with Gasteiger partial charge in [0.25, 0.3) is 0 Å². The van der Waals surface area contributed by atoms with Crippen molar-refractivity contribution in [3.05, 3.63) is 54.1 Å². The maximum absolute atomic E-state index is 12.9. The average molecular weight is 443 g/mol. The minimum Gasteiger partial charge on any atom is -0.465 e. The van der Waals surface area contributed by atoms with Crippen LogP contribution in [0.1, 0.15) is 50.9 Å². The summed E-state index contributed by atoms with van der Waals surface area (Å²) in [6.07, 6.45) is 1.02. The van der Waals surface area contributed by atoms with Crippen molar-refractivity contribution in [2.24, 2.45) is 5.41 Å². The molecule has 2 aromatic carbocycles. The highest BCUT2D eigenvalue weighted by Gasteiger charge is 2.21. The zero-order chi connectivity index (χ0) is 23.0. The molecular weight excluding hydrogens is 412 g/mol. The molecule has 0 fully saturated rings. The molecule has 0 bridgehead atoms. The van der Waals surface area contributed by atoms with Crippen molar-refractivity contribution in [3.8, 4) is 0 Å². The first-order chi connectivity index (χ1) is 14.6. The molecule has 0 aliphatic carbocycles. The van der Waals surface area contributed by atoms with Gasteiger partial charge in [0.05, 0.1) is 23.6 Å². The van der Waals surface area contributed by atoms with E-state index < -0.39 is 5.97 Å². The first kappa shape index (κ1) is 24.5. The number of benzene rings is 2. The molecule has 1 atom stereocenters. The van der Waals surface area contributed by atoms with Gasteiger partial charge in [-0.25, -0.2) is 4.79 Å². The molecule has 0 spiro atoms. The second-order valence-corrected chi connectivity index (χ2v) is 9.63. The van der Waals surface area contributed by atoms with Crippen LogP contribution in [-0.4, -0.2) is 30.1 Å². The number of hydrogen-bond donors (Lipinski definition) is 2. The van der Waals surface area contributed by atoms with Gasteiger partial charge in [-0.3, -0.25) is 9.59 Å². The third-order valence-corrected chi connectivity index (χ3v) is 5.70. The third-order valence-electron chi connectivity index (χ3n) is 4.34. The summed E-state index contributed by atoms with van der Waals surface area (Å²) in [6, 6.07) is 14.2. The number of hydrogen-bond acceptors (Lipinski definition) is 5. The maximum Gasteiger partial charge on any atom is 0.339 e. The highest BCUT2D eigenvalue weighted by atomic mass is 32.2. The minimum absolute atomic E-state index is 0.0427. The van der Waals surface area contributed by atoms with Gasteiger partial charge in [-0.1, -0.05) is 45.9 Å². The SMILES string of the molecule is CCC(Sc1cccc(NC(=O)CC(C)(C)C)c1)C(=O)Nc1ccccc1C(=O)OC. The molecule has 0 aromatic heterocycles. The molecule has 2 aromatic rings. The van der Waals surface area contributed by atoms with Gasteiger partial charge in [-0.05, 0) is 42.2 Å². The van der Waals surface area contributed by atoms with Crippen LogP contribution < -0.4 is 10.6 Å². The molecule has 31 heavy (non-hydrogen) atoms. The molecule has 166 valence electrons. The summed E-state index contributed by atoms with van der Waals surface area (Å²) < 4.78 is 4.79. The number of ether oxygens (including phenoxy) is 1. The Hall–Kier alpha value is -2.80. The van der Waals surface area contributed by atoms with Crippen LogP contribution in [0.5, 0.6) is 0 Å². The van der Waals surface area contributed by atoms with E-state index in [1.807, 2.05) is 52.0 Å². The monoisotopic (exact) mass is 442 g/mol. The van der Waals surface area contributed by atoms with Crippen LogP contribution in [0.4, 0.5) is 11.4 Å². The quantitative estimate of drug-likeness (QED) is 0.425. The molecule has 0 saturated carbocycles. The summed E-state index contributed by atoms with van der Waals surface area (Å²) in [5, 5.41) is 5.39. The van der Waals surface area contributed by atoms with E-state index in [1.54, 1.807) is 24.3 Å². The largest absolute Gasteiger partial charge is 0.465 e. The van der Waals surface area contributed by atoms with Crippen molar-refractivity contribution in [3.63, 3.8) is 0 Å². The standard InChI is InChI=1S/C24H30N2O4S/c1-6-20(22(28)26-19-13-8-7-12-18(19)23(29)30-5)31-17-11-9-10-16(14-17)25-21(27)15-24(2,3)4/h7-14,20H,6,15H2,1-5H3,(H,25,27)(H,26,28). The van der Waals surface area contributed by atoms with Crippen LogP contribution >= 0.6 is 11.8 Å². The van der Waals surface area contributed by atoms with Crippen LogP contribution in [0.3, 0.4) is 0 Å². The minimum atomic E-state index is -0.504. The normalized spacial score (nSPS) is 12.0. The fourth-order valence-electron chi connectivity index (χ4n) is 2.91. The van der Waals surface area contributed by atoms with Gasteiger partial charge >= 0.3 is 5.97 Å². The molecule has 0 heterocycles. The molecule has 2 N–H and O–H groups in total. The number of carbonyl (C=O) groups excluding carboxylic acids is 3. The Kier molecular flexibility index (Phi) is 8.68. The number of esters is 1. The molecule has 2 amide bonds. The second-order valence-electron chi connectivity index (χ2n) is 8.35. The van der Waals surface area contributed by atoms with Gasteiger partial charge in [0.2, 0.25) is 11.8 Å². The number of amides is 2. The van der Waals surface area contributed by atoms with Gasteiger partial charge in [0, 0.05) is 17.0 Å². The van der Waals surface area contributed by atoms with Gasteiger partial charge in [-0.2, -0.15) is 0 Å². The summed E-state index contributed by atoms with van der Waals surface area (Å²) in [7, 11) is 1.30. The maximum atomic E-state index is 12.9. The van der Waals surface area contributed by atoms with E-state index >= 15 is 0 Å². The second kappa shape index (κ2) is 11.0. The first-order valence-corrected chi connectivity index (χ1v) is 11.1. The number of carbonyl (C=O) groups is 3. The molecule has 0 aliphatic rings. The van der Waals surface area contributed by atoms with Crippen molar-refractivity contribution in [1.82, 2.24) is 0 Å². The van der Waals surface area contributed by atoms with Crippen molar-refractivity contribution in [2.45, 2.75) is 50.7 Å². The third kappa shape index (κ3) is 7.75. The highest BCUT2D eigenvalue weighted by molar-refractivity contribution is 8.00. The molecule has 7 heteroatoms. The Balaban J connectivity index is 2.09. The Morgan fingerprint density at radius 2 is 1.74 bits per heavy atom. The number of thioether (sulfide) groups is 1. The average Bonchev–Trinajstić information content (AvgIpc) is 2.70. The Morgan fingerprint density at radius 3 is 2.39 bits per heavy atom. The fraction of sp³-hybridized carbons (Fsp3) is 0.375. The van der Waals surface area contributed by atoms with Gasteiger partial charge in [0.15, 0.2) is 0 Å². The lowest BCUT2D eigenvalue weighted by Crippen LogP contribution is -2.25. The first-order valence-electron chi connectivity index (χ1n) is 10.2. The topological polar surface area (TPSA) is 84.5 Å². The predicted octanol–water partition coefficient (Wildman–Crippen LogP) is 5.36. The number of rotatable bonds is 8. The molecule has 1 unspecified atom stereocenters. The number of nitrogens with one attached hydrogen (secondary N) is 2. The lowest BCUT2D eigenvalue weighted by Gasteiger charge is -2.18. The molecule has 0 aliphatic heterocycles. The lowest BCUT2D eigenvalue weighted by atomic mass is 9.92. The van der Waals surface area contributed by atoms with Crippen molar-refractivity contribution < 1.29 is 19.1 Å². The van der Waals surface area contributed by atoms with Crippen LogP contribution in [0.15, 0.2) is 53.4 Å². The fourth-order valence-corrected chi connectivity index (χ4v) is 3.93. The predicted molar refractivity (Wildman–Crippen MR) is 125 cm³/mol. The van der Waals surface area contributed by atoms with Crippen LogP contribution in [0.2, 0.25) is 0 Å². The number of para-hydroxylation sites is 1. The summed E-state index contributed by atoms with van der Waals surface area (Å²) >= 11 is 1.41. The van der Waals surface area contributed by atoms with E-state index in [0.717, 1.165) is 4.90 Å². The Bertz CT molecular complexity index is 937. The zero-order valence-electron chi connectivity index (χ0n) is 18.7.